The predicted octanol–water partition coefficient (Wildman–Crippen LogP) is 3.47. The summed E-state index contributed by atoms with van der Waals surface area (Å²) in [5, 5.41) is 12.9. The van der Waals surface area contributed by atoms with Crippen LogP contribution in [0.4, 0.5) is 5.13 Å². The van der Waals surface area contributed by atoms with Crippen LogP contribution in [0.2, 0.25) is 5.02 Å². The van der Waals surface area contributed by atoms with Crippen LogP contribution < -0.4 is 10.1 Å². The van der Waals surface area contributed by atoms with Crippen molar-refractivity contribution in [2.45, 2.75) is 31.8 Å². The number of nitrogens with one attached hydrogen (secondary N) is 1. The number of anilines is 1. The Bertz CT molecular complexity index is 657. The summed E-state index contributed by atoms with van der Waals surface area (Å²) in [5.41, 5.74) is 0. The zero-order chi connectivity index (χ0) is 14.8. The number of carbonyl (C=O) groups is 1. The van der Waals surface area contributed by atoms with Crippen molar-refractivity contribution in [2.75, 3.05) is 5.32 Å². The lowest BCUT2D eigenvalue weighted by molar-refractivity contribution is -0.122. The van der Waals surface area contributed by atoms with E-state index in [1.54, 1.807) is 31.2 Å². The van der Waals surface area contributed by atoms with Crippen molar-refractivity contribution < 1.29 is 9.53 Å². The topological polar surface area (TPSA) is 64.1 Å². The quantitative estimate of drug-likeness (QED) is 0.915. The van der Waals surface area contributed by atoms with Crippen molar-refractivity contribution in [3.8, 4) is 5.75 Å². The first-order valence-electron chi connectivity index (χ1n) is 6.68. The average Bonchev–Trinajstić information content (AvgIpc) is 3.19. The van der Waals surface area contributed by atoms with E-state index in [2.05, 4.69) is 15.5 Å². The summed E-state index contributed by atoms with van der Waals surface area (Å²) in [5.74, 6) is 0.836. The number of carbonyl (C=O) groups excluding carboxylic acids is 1. The van der Waals surface area contributed by atoms with Crippen LogP contribution in [0.25, 0.3) is 0 Å². The third kappa shape index (κ3) is 3.71. The summed E-state index contributed by atoms with van der Waals surface area (Å²) in [4.78, 5) is 12.1. The average molecular weight is 324 g/mol. The van der Waals surface area contributed by atoms with Crippen LogP contribution in [0.3, 0.4) is 0 Å². The van der Waals surface area contributed by atoms with Crippen molar-refractivity contribution >= 4 is 34.0 Å². The van der Waals surface area contributed by atoms with Crippen molar-refractivity contribution in [3.05, 3.63) is 34.3 Å². The fourth-order valence-corrected chi connectivity index (χ4v) is 2.88. The minimum Gasteiger partial charge on any atom is -0.481 e. The van der Waals surface area contributed by atoms with Gasteiger partial charge in [-0.25, -0.2) is 0 Å². The fourth-order valence-electron chi connectivity index (χ4n) is 1.79. The Hall–Kier alpha value is -1.66. The molecule has 1 fully saturated rings. The smallest absolute Gasteiger partial charge is 0.266 e. The van der Waals surface area contributed by atoms with E-state index in [4.69, 9.17) is 16.3 Å². The Morgan fingerprint density at radius 3 is 3.00 bits per heavy atom. The molecular formula is C14H14ClN3O2S. The Labute approximate surface area is 131 Å². The molecule has 7 heteroatoms. The molecule has 21 heavy (non-hydrogen) atoms. The summed E-state index contributed by atoms with van der Waals surface area (Å²) < 4.78 is 5.56. The second kappa shape index (κ2) is 5.99. The highest BCUT2D eigenvalue weighted by atomic mass is 35.5. The molecule has 1 amide bonds. The number of amides is 1. The summed E-state index contributed by atoms with van der Waals surface area (Å²) in [6.07, 6.45) is 1.69. The molecule has 0 unspecified atom stereocenters. The van der Waals surface area contributed by atoms with E-state index in [1.807, 2.05) is 0 Å². The molecule has 1 saturated carbocycles. The molecule has 0 aliphatic heterocycles. The first kappa shape index (κ1) is 14.3. The maximum atomic E-state index is 12.1. The first-order chi connectivity index (χ1) is 10.1. The number of benzene rings is 1. The largest absolute Gasteiger partial charge is 0.481 e. The summed E-state index contributed by atoms with van der Waals surface area (Å²) in [7, 11) is 0. The second-order valence-electron chi connectivity index (χ2n) is 4.93. The van der Waals surface area contributed by atoms with Crippen LogP contribution in [-0.2, 0) is 4.79 Å². The summed E-state index contributed by atoms with van der Waals surface area (Å²) >= 11 is 7.31. The Morgan fingerprint density at radius 2 is 2.29 bits per heavy atom. The molecule has 0 radical (unpaired) electrons. The van der Waals surface area contributed by atoms with Crippen LogP contribution in [0.15, 0.2) is 24.3 Å². The lowest BCUT2D eigenvalue weighted by Crippen LogP contribution is -2.30. The van der Waals surface area contributed by atoms with Gasteiger partial charge in [0, 0.05) is 10.9 Å². The molecule has 1 N–H and O–H groups in total. The Morgan fingerprint density at radius 1 is 1.48 bits per heavy atom. The number of aromatic nitrogens is 2. The van der Waals surface area contributed by atoms with Gasteiger partial charge in [0.25, 0.3) is 5.91 Å². The molecule has 0 saturated heterocycles. The van der Waals surface area contributed by atoms with Gasteiger partial charge in [-0.3, -0.25) is 10.1 Å². The number of hydrogen-bond donors (Lipinski definition) is 1. The van der Waals surface area contributed by atoms with Gasteiger partial charge < -0.3 is 4.74 Å². The van der Waals surface area contributed by atoms with E-state index in [-0.39, 0.29) is 5.91 Å². The SMILES string of the molecule is C[C@@H](Oc1cccc(Cl)c1)C(=O)Nc1nnc(C2CC2)s1. The van der Waals surface area contributed by atoms with Crippen LogP contribution in [0.1, 0.15) is 30.7 Å². The molecule has 1 heterocycles. The van der Waals surface area contributed by atoms with E-state index >= 15 is 0 Å². The molecule has 5 nitrogen and oxygen atoms in total. The van der Waals surface area contributed by atoms with Gasteiger partial charge in [-0.05, 0) is 38.0 Å². The molecule has 0 spiro atoms. The zero-order valence-electron chi connectivity index (χ0n) is 11.4. The van der Waals surface area contributed by atoms with Crippen molar-refractivity contribution in [2.24, 2.45) is 0 Å². The lowest BCUT2D eigenvalue weighted by atomic mass is 10.3. The predicted molar refractivity (Wildman–Crippen MR) is 82.1 cm³/mol. The van der Waals surface area contributed by atoms with Crippen molar-refractivity contribution in [3.63, 3.8) is 0 Å². The Kier molecular flexibility index (Phi) is 4.07. The third-order valence-corrected chi connectivity index (χ3v) is 4.31. The highest BCUT2D eigenvalue weighted by Gasteiger charge is 2.28. The van der Waals surface area contributed by atoms with Gasteiger partial charge in [-0.1, -0.05) is 29.0 Å². The standard InChI is InChI=1S/C14H14ClN3O2S/c1-8(20-11-4-2-3-10(15)7-11)12(19)16-14-18-17-13(21-14)9-5-6-9/h2-4,7-9H,5-6H2,1H3,(H,16,18,19)/t8-/m1/s1. The van der Waals surface area contributed by atoms with Crippen LogP contribution in [0, 0.1) is 0 Å². The molecule has 1 aromatic heterocycles. The van der Waals surface area contributed by atoms with Gasteiger partial charge in [-0.15, -0.1) is 10.2 Å². The van der Waals surface area contributed by atoms with Crippen molar-refractivity contribution in [1.29, 1.82) is 0 Å². The number of halogens is 1. The van der Waals surface area contributed by atoms with Gasteiger partial charge in [0.2, 0.25) is 5.13 Å². The summed E-state index contributed by atoms with van der Waals surface area (Å²) in [6.45, 7) is 1.68. The number of hydrogen-bond acceptors (Lipinski definition) is 5. The molecule has 1 aliphatic rings. The second-order valence-corrected chi connectivity index (χ2v) is 6.37. The maximum absolute atomic E-state index is 12.1. The van der Waals surface area contributed by atoms with Gasteiger partial charge in [0.1, 0.15) is 10.8 Å². The van der Waals surface area contributed by atoms with E-state index in [0.29, 0.717) is 21.8 Å². The van der Waals surface area contributed by atoms with Crippen LogP contribution in [0.5, 0.6) is 5.75 Å². The zero-order valence-corrected chi connectivity index (χ0v) is 12.9. The maximum Gasteiger partial charge on any atom is 0.266 e. The molecular weight excluding hydrogens is 310 g/mol. The monoisotopic (exact) mass is 323 g/mol. The van der Waals surface area contributed by atoms with Crippen molar-refractivity contribution in [1.82, 2.24) is 10.2 Å². The van der Waals surface area contributed by atoms with Gasteiger partial charge in [0.05, 0.1) is 0 Å². The lowest BCUT2D eigenvalue weighted by Gasteiger charge is -2.13. The third-order valence-electron chi connectivity index (χ3n) is 3.08. The molecule has 1 aromatic carbocycles. The number of ether oxygens (including phenoxy) is 1. The molecule has 0 bridgehead atoms. The van der Waals surface area contributed by atoms with E-state index in [9.17, 15) is 4.79 Å². The highest BCUT2D eigenvalue weighted by Crippen LogP contribution is 2.42. The minimum atomic E-state index is -0.642. The van der Waals surface area contributed by atoms with E-state index < -0.39 is 6.10 Å². The van der Waals surface area contributed by atoms with Crippen LogP contribution >= 0.6 is 22.9 Å². The minimum absolute atomic E-state index is 0.256. The molecule has 1 atom stereocenters. The fraction of sp³-hybridized carbons (Fsp3) is 0.357. The highest BCUT2D eigenvalue weighted by molar-refractivity contribution is 7.15. The molecule has 2 aromatic rings. The normalized spacial score (nSPS) is 15.5. The Balaban J connectivity index is 1.58. The van der Waals surface area contributed by atoms with E-state index in [1.165, 1.54) is 11.3 Å². The number of rotatable bonds is 5. The number of nitrogens with zero attached hydrogens (tertiary/aromatic N) is 2. The van der Waals surface area contributed by atoms with Crippen LogP contribution in [-0.4, -0.2) is 22.2 Å². The van der Waals surface area contributed by atoms with Gasteiger partial charge in [-0.2, -0.15) is 0 Å². The van der Waals surface area contributed by atoms with E-state index in [0.717, 1.165) is 17.8 Å². The molecule has 1 aliphatic carbocycles. The molecule has 3 rings (SSSR count). The summed E-state index contributed by atoms with van der Waals surface area (Å²) in [6, 6.07) is 6.95. The van der Waals surface area contributed by atoms with Gasteiger partial charge >= 0.3 is 0 Å². The van der Waals surface area contributed by atoms with Gasteiger partial charge in [0.15, 0.2) is 6.10 Å². The first-order valence-corrected chi connectivity index (χ1v) is 7.88. The molecule has 110 valence electrons.